The molecule has 0 aliphatic carbocycles. The van der Waals surface area contributed by atoms with Crippen LogP contribution in [-0.4, -0.2) is 48.5 Å². The zero-order valence-corrected chi connectivity index (χ0v) is 17.1. The van der Waals surface area contributed by atoms with Crippen LogP contribution >= 0.6 is 27.5 Å². The minimum absolute atomic E-state index is 0.158. The Morgan fingerprint density at radius 2 is 2.00 bits per heavy atom. The van der Waals surface area contributed by atoms with E-state index in [9.17, 15) is 4.79 Å². The summed E-state index contributed by atoms with van der Waals surface area (Å²) in [5.41, 5.74) is 1.56. The lowest BCUT2D eigenvalue weighted by Crippen LogP contribution is -2.46. The van der Waals surface area contributed by atoms with E-state index >= 15 is 0 Å². The van der Waals surface area contributed by atoms with Crippen molar-refractivity contribution in [1.82, 2.24) is 15.2 Å². The van der Waals surface area contributed by atoms with E-state index in [1.54, 1.807) is 24.4 Å². The van der Waals surface area contributed by atoms with Crippen LogP contribution in [0.4, 0.5) is 5.82 Å². The summed E-state index contributed by atoms with van der Waals surface area (Å²) in [5, 5.41) is 3.49. The van der Waals surface area contributed by atoms with E-state index in [4.69, 9.17) is 11.6 Å². The number of benzene rings is 1. The molecule has 1 aromatic carbocycles. The van der Waals surface area contributed by atoms with Gasteiger partial charge in [0, 0.05) is 48.4 Å². The Bertz CT molecular complexity index is 778. The van der Waals surface area contributed by atoms with Crippen molar-refractivity contribution in [3.8, 4) is 0 Å². The minimum Gasteiger partial charge on any atom is -0.354 e. The summed E-state index contributed by atoms with van der Waals surface area (Å²) >= 11 is 9.38. The van der Waals surface area contributed by atoms with Gasteiger partial charge in [-0.3, -0.25) is 4.79 Å². The number of carbonyl (C=O) groups excluding carboxylic acids is 1. The van der Waals surface area contributed by atoms with Crippen molar-refractivity contribution in [2.75, 3.05) is 37.6 Å². The van der Waals surface area contributed by atoms with Gasteiger partial charge in [0.1, 0.15) is 5.82 Å². The standard InChI is InChI=1S/C19H22BrClN4O/c1-2-24-7-9-25(10-8-24)18-11-14(5-6-22-18)13-23-19(26)16-12-15(21)3-4-17(16)20/h3-6,11-12H,2,7-10,13H2,1H3,(H,23,26). The Morgan fingerprint density at radius 3 is 2.73 bits per heavy atom. The number of anilines is 1. The molecule has 0 bridgehead atoms. The fourth-order valence-corrected chi connectivity index (χ4v) is 3.58. The SMILES string of the molecule is CCN1CCN(c2cc(CNC(=O)c3cc(Cl)ccc3Br)ccn2)CC1. The topological polar surface area (TPSA) is 48.5 Å². The van der Waals surface area contributed by atoms with E-state index in [2.05, 4.69) is 49.0 Å². The molecule has 1 aliphatic rings. The van der Waals surface area contributed by atoms with Gasteiger partial charge in [-0.1, -0.05) is 18.5 Å². The molecule has 0 radical (unpaired) electrons. The van der Waals surface area contributed by atoms with Crippen LogP contribution in [0.25, 0.3) is 0 Å². The number of rotatable bonds is 5. The molecule has 138 valence electrons. The van der Waals surface area contributed by atoms with Gasteiger partial charge >= 0.3 is 0 Å². The number of hydrogen-bond donors (Lipinski definition) is 1. The van der Waals surface area contributed by atoms with Gasteiger partial charge in [-0.05, 0) is 58.4 Å². The van der Waals surface area contributed by atoms with E-state index in [-0.39, 0.29) is 5.91 Å². The number of halogens is 2. The molecule has 26 heavy (non-hydrogen) atoms. The monoisotopic (exact) mass is 436 g/mol. The number of piperazine rings is 1. The molecule has 1 aliphatic heterocycles. The highest BCUT2D eigenvalue weighted by molar-refractivity contribution is 9.10. The van der Waals surface area contributed by atoms with E-state index in [0.29, 0.717) is 17.1 Å². The Labute approximate surface area is 167 Å². The maximum Gasteiger partial charge on any atom is 0.252 e. The highest BCUT2D eigenvalue weighted by Crippen LogP contribution is 2.21. The van der Waals surface area contributed by atoms with Gasteiger partial charge < -0.3 is 15.1 Å². The van der Waals surface area contributed by atoms with Gasteiger partial charge in [-0.2, -0.15) is 0 Å². The second-order valence-electron chi connectivity index (χ2n) is 6.25. The number of nitrogens with zero attached hydrogens (tertiary/aromatic N) is 3. The lowest BCUT2D eigenvalue weighted by molar-refractivity contribution is 0.0950. The first-order chi connectivity index (χ1) is 12.6. The molecule has 0 atom stereocenters. The van der Waals surface area contributed by atoms with Crippen LogP contribution in [0.3, 0.4) is 0 Å². The van der Waals surface area contributed by atoms with Crippen molar-refractivity contribution in [3.05, 3.63) is 57.2 Å². The summed E-state index contributed by atoms with van der Waals surface area (Å²) in [6, 6.07) is 9.16. The lowest BCUT2D eigenvalue weighted by atomic mass is 10.2. The van der Waals surface area contributed by atoms with Crippen molar-refractivity contribution in [1.29, 1.82) is 0 Å². The fourth-order valence-electron chi connectivity index (χ4n) is 2.99. The molecule has 1 saturated heterocycles. The molecular formula is C19H22BrClN4O. The van der Waals surface area contributed by atoms with E-state index in [1.807, 2.05) is 6.07 Å². The summed E-state index contributed by atoms with van der Waals surface area (Å²) < 4.78 is 0.726. The summed E-state index contributed by atoms with van der Waals surface area (Å²) in [4.78, 5) is 21.6. The second-order valence-corrected chi connectivity index (χ2v) is 7.54. The number of nitrogens with one attached hydrogen (secondary N) is 1. The van der Waals surface area contributed by atoms with Crippen LogP contribution in [0.5, 0.6) is 0 Å². The Morgan fingerprint density at radius 1 is 1.23 bits per heavy atom. The van der Waals surface area contributed by atoms with Crippen molar-refractivity contribution >= 4 is 39.3 Å². The third-order valence-corrected chi connectivity index (χ3v) is 5.51. The van der Waals surface area contributed by atoms with Gasteiger partial charge in [0.25, 0.3) is 5.91 Å². The van der Waals surface area contributed by atoms with Crippen LogP contribution in [0.15, 0.2) is 41.0 Å². The zero-order chi connectivity index (χ0) is 18.5. The first kappa shape index (κ1) is 19.1. The molecule has 5 nitrogen and oxygen atoms in total. The number of likely N-dealkylation sites (N-methyl/N-ethyl adjacent to an activating group) is 1. The molecular weight excluding hydrogens is 416 g/mol. The quantitative estimate of drug-likeness (QED) is 0.777. The molecule has 1 fully saturated rings. The second kappa shape index (κ2) is 8.84. The number of amides is 1. The van der Waals surface area contributed by atoms with Gasteiger partial charge in [0.05, 0.1) is 5.56 Å². The van der Waals surface area contributed by atoms with E-state index in [0.717, 1.165) is 48.6 Å². The van der Waals surface area contributed by atoms with Crippen molar-refractivity contribution in [3.63, 3.8) is 0 Å². The third kappa shape index (κ3) is 4.75. The molecule has 3 rings (SSSR count). The molecule has 1 amide bonds. The van der Waals surface area contributed by atoms with Gasteiger partial charge in [-0.25, -0.2) is 4.98 Å². The normalized spacial score (nSPS) is 15.1. The average Bonchev–Trinajstić information content (AvgIpc) is 2.68. The third-order valence-electron chi connectivity index (χ3n) is 4.58. The van der Waals surface area contributed by atoms with Crippen LogP contribution in [-0.2, 0) is 6.54 Å². The smallest absolute Gasteiger partial charge is 0.252 e. The maximum atomic E-state index is 12.4. The average molecular weight is 438 g/mol. The molecule has 2 heterocycles. The van der Waals surface area contributed by atoms with Crippen molar-refractivity contribution in [2.24, 2.45) is 0 Å². The number of aromatic nitrogens is 1. The zero-order valence-electron chi connectivity index (χ0n) is 14.7. The first-order valence-corrected chi connectivity index (χ1v) is 9.89. The summed E-state index contributed by atoms with van der Waals surface area (Å²) in [7, 11) is 0. The highest BCUT2D eigenvalue weighted by Gasteiger charge is 2.17. The summed E-state index contributed by atoms with van der Waals surface area (Å²) in [6.07, 6.45) is 1.80. The van der Waals surface area contributed by atoms with Crippen LogP contribution < -0.4 is 10.2 Å². The van der Waals surface area contributed by atoms with Gasteiger partial charge in [-0.15, -0.1) is 0 Å². The fraction of sp³-hybridized carbons (Fsp3) is 0.368. The first-order valence-electron chi connectivity index (χ1n) is 8.72. The molecule has 1 N–H and O–H groups in total. The Kier molecular flexibility index (Phi) is 6.51. The minimum atomic E-state index is -0.158. The molecule has 0 unspecified atom stereocenters. The molecule has 7 heteroatoms. The molecule has 0 spiro atoms. The highest BCUT2D eigenvalue weighted by atomic mass is 79.9. The molecule has 0 saturated carbocycles. The van der Waals surface area contributed by atoms with Crippen LogP contribution in [0.1, 0.15) is 22.8 Å². The van der Waals surface area contributed by atoms with Gasteiger partial charge in [0.15, 0.2) is 0 Å². The van der Waals surface area contributed by atoms with Crippen LogP contribution in [0, 0.1) is 0 Å². The summed E-state index contributed by atoms with van der Waals surface area (Å²) in [5.74, 6) is 0.811. The number of carbonyl (C=O) groups is 1. The number of hydrogen-bond acceptors (Lipinski definition) is 4. The predicted octanol–water partition coefficient (Wildman–Crippen LogP) is 3.57. The largest absolute Gasteiger partial charge is 0.354 e. The Hall–Kier alpha value is -1.63. The number of pyridine rings is 1. The maximum absolute atomic E-state index is 12.4. The summed E-state index contributed by atoms with van der Waals surface area (Å²) in [6.45, 7) is 7.80. The lowest BCUT2D eigenvalue weighted by Gasteiger charge is -2.34. The predicted molar refractivity (Wildman–Crippen MR) is 109 cm³/mol. The van der Waals surface area contributed by atoms with Crippen molar-refractivity contribution < 1.29 is 4.79 Å². The van der Waals surface area contributed by atoms with Gasteiger partial charge in [0.2, 0.25) is 0 Å². The Balaban J connectivity index is 1.62. The van der Waals surface area contributed by atoms with Crippen LogP contribution in [0.2, 0.25) is 5.02 Å². The van der Waals surface area contributed by atoms with E-state index in [1.165, 1.54) is 0 Å². The van der Waals surface area contributed by atoms with Crippen molar-refractivity contribution in [2.45, 2.75) is 13.5 Å². The molecule has 2 aromatic rings. The molecule has 1 aromatic heterocycles. The van der Waals surface area contributed by atoms with E-state index < -0.39 is 0 Å².